The van der Waals surface area contributed by atoms with Crippen molar-refractivity contribution in [3.8, 4) is 0 Å². The van der Waals surface area contributed by atoms with Crippen LogP contribution in [0, 0.1) is 22.7 Å². The Morgan fingerprint density at radius 2 is 1.54 bits per heavy atom. The minimum atomic E-state index is -2.58. The SMILES string of the molecule is C[C@@H]1CC[C@]2(C)C(CO[Si](c3ccccc3)(c3ccccc3)C(C)(C)C)=CCC[C@H]2[C@]1(C)CC=O. The first-order valence-electron chi connectivity index (χ1n) is 13.5. The van der Waals surface area contributed by atoms with Crippen LogP contribution in [0.25, 0.3) is 0 Å². The molecule has 1 fully saturated rings. The van der Waals surface area contributed by atoms with Crippen molar-refractivity contribution in [1.29, 1.82) is 0 Å². The van der Waals surface area contributed by atoms with Gasteiger partial charge in [-0.1, -0.05) is 108 Å². The fraction of sp³-hybridized carbons (Fsp3) is 0.531. The second-order valence-corrected chi connectivity index (χ2v) is 16.9. The van der Waals surface area contributed by atoms with Crippen LogP contribution in [-0.2, 0) is 9.22 Å². The van der Waals surface area contributed by atoms with Crippen LogP contribution in [0.15, 0.2) is 72.3 Å². The van der Waals surface area contributed by atoms with E-state index >= 15 is 0 Å². The monoisotopic (exact) mass is 488 g/mol. The van der Waals surface area contributed by atoms with E-state index in [9.17, 15) is 4.79 Å². The van der Waals surface area contributed by atoms with Gasteiger partial charge >= 0.3 is 0 Å². The summed E-state index contributed by atoms with van der Waals surface area (Å²) < 4.78 is 7.38. The van der Waals surface area contributed by atoms with Gasteiger partial charge in [0.2, 0.25) is 0 Å². The minimum Gasteiger partial charge on any atom is -0.403 e. The predicted molar refractivity (Wildman–Crippen MR) is 150 cm³/mol. The first-order chi connectivity index (χ1) is 16.6. The summed E-state index contributed by atoms with van der Waals surface area (Å²) in [5.74, 6) is 1.09. The number of hydrogen-bond donors (Lipinski definition) is 0. The van der Waals surface area contributed by atoms with E-state index in [2.05, 4.69) is 108 Å². The Morgan fingerprint density at radius 1 is 0.971 bits per heavy atom. The van der Waals surface area contributed by atoms with Crippen LogP contribution in [0.1, 0.15) is 73.6 Å². The highest BCUT2D eigenvalue weighted by Gasteiger charge is 2.55. The molecule has 35 heavy (non-hydrogen) atoms. The zero-order valence-electron chi connectivity index (χ0n) is 22.6. The molecule has 0 aromatic heterocycles. The van der Waals surface area contributed by atoms with Gasteiger partial charge in [0.05, 0.1) is 6.61 Å². The molecule has 0 aliphatic heterocycles. The summed E-state index contributed by atoms with van der Waals surface area (Å²) in [5.41, 5.74) is 1.62. The van der Waals surface area contributed by atoms with Crippen molar-refractivity contribution < 1.29 is 9.22 Å². The highest BCUT2D eigenvalue weighted by atomic mass is 28.4. The largest absolute Gasteiger partial charge is 0.403 e. The Bertz CT molecular complexity index is 999. The quantitative estimate of drug-likeness (QED) is 0.240. The summed E-state index contributed by atoms with van der Waals surface area (Å²) in [6.45, 7) is 14.9. The lowest BCUT2D eigenvalue weighted by Gasteiger charge is -2.58. The van der Waals surface area contributed by atoms with Gasteiger partial charge in [0.1, 0.15) is 6.29 Å². The average Bonchev–Trinajstić information content (AvgIpc) is 2.83. The first kappa shape index (κ1) is 26.1. The number of allylic oxidation sites excluding steroid dienone is 1. The van der Waals surface area contributed by atoms with Gasteiger partial charge in [-0.3, -0.25) is 0 Å². The van der Waals surface area contributed by atoms with E-state index < -0.39 is 8.32 Å². The van der Waals surface area contributed by atoms with Crippen LogP contribution in [0.2, 0.25) is 5.04 Å². The number of fused-ring (bicyclic) bond motifs is 1. The zero-order chi connectivity index (χ0) is 25.3. The summed E-state index contributed by atoms with van der Waals surface area (Å²) in [7, 11) is -2.58. The predicted octanol–water partition coefficient (Wildman–Crippen LogP) is 6.93. The van der Waals surface area contributed by atoms with E-state index in [-0.39, 0.29) is 15.9 Å². The van der Waals surface area contributed by atoms with E-state index in [0.717, 1.165) is 6.42 Å². The Labute approximate surface area is 214 Å². The Kier molecular flexibility index (Phi) is 7.32. The van der Waals surface area contributed by atoms with E-state index in [1.54, 1.807) is 0 Å². The van der Waals surface area contributed by atoms with Crippen LogP contribution in [0.3, 0.4) is 0 Å². The van der Waals surface area contributed by atoms with Gasteiger partial charge in [-0.2, -0.15) is 0 Å². The van der Waals surface area contributed by atoms with Crippen LogP contribution >= 0.6 is 0 Å². The van der Waals surface area contributed by atoms with Crippen molar-refractivity contribution in [2.45, 2.75) is 78.7 Å². The fourth-order valence-corrected chi connectivity index (χ4v) is 12.0. The molecule has 0 heterocycles. The number of carbonyl (C=O) groups is 1. The smallest absolute Gasteiger partial charge is 0.261 e. The lowest BCUT2D eigenvalue weighted by molar-refractivity contribution is -0.116. The molecule has 0 amide bonds. The maximum Gasteiger partial charge on any atom is 0.261 e. The number of rotatable bonds is 7. The second kappa shape index (κ2) is 9.82. The zero-order valence-corrected chi connectivity index (χ0v) is 23.6. The van der Waals surface area contributed by atoms with Crippen molar-refractivity contribution >= 4 is 25.0 Å². The average molecular weight is 489 g/mol. The molecule has 2 aromatic rings. The molecule has 2 aromatic carbocycles. The summed E-state index contributed by atoms with van der Waals surface area (Å²) in [6, 6.07) is 21.9. The highest BCUT2D eigenvalue weighted by molar-refractivity contribution is 6.99. The lowest BCUT2D eigenvalue weighted by Crippen LogP contribution is -2.67. The van der Waals surface area contributed by atoms with Gasteiger partial charge in [0.25, 0.3) is 8.32 Å². The summed E-state index contributed by atoms with van der Waals surface area (Å²) in [6.07, 6.45) is 8.92. The number of hydrogen-bond acceptors (Lipinski definition) is 2. The van der Waals surface area contributed by atoms with Crippen LogP contribution in [0.5, 0.6) is 0 Å². The number of carbonyl (C=O) groups excluding carboxylic acids is 1. The lowest BCUT2D eigenvalue weighted by atomic mass is 9.47. The van der Waals surface area contributed by atoms with E-state index in [4.69, 9.17) is 4.43 Å². The van der Waals surface area contributed by atoms with Crippen molar-refractivity contribution in [2.75, 3.05) is 6.61 Å². The van der Waals surface area contributed by atoms with E-state index in [1.807, 2.05) is 0 Å². The molecule has 0 bridgehead atoms. The molecule has 2 aliphatic rings. The van der Waals surface area contributed by atoms with Gasteiger partial charge in [0.15, 0.2) is 0 Å². The van der Waals surface area contributed by atoms with Gasteiger partial charge in [-0.15, -0.1) is 0 Å². The third-order valence-electron chi connectivity index (χ3n) is 9.75. The normalized spacial score (nSPS) is 29.3. The molecule has 2 aliphatic carbocycles. The van der Waals surface area contributed by atoms with E-state index in [0.29, 0.717) is 24.9 Å². The van der Waals surface area contributed by atoms with Crippen LogP contribution in [0.4, 0.5) is 0 Å². The number of aldehydes is 1. The van der Waals surface area contributed by atoms with Crippen LogP contribution in [-0.4, -0.2) is 21.2 Å². The maximum atomic E-state index is 11.7. The maximum absolute atomic E-state index is 11.7. The Hall–Kier alpha value is -1.97. The Balaban J connectivity index is 1.75. The third kappa shape index (κ3) is 4.40. The highest BCUT2D eigenvalue weighted by Crippen LogP contribution is 2.61. The molecule has 1 saturated carbocycles. The molecule has 188 valence electrons. The minimum absolute atomic E-state index is 0.0294. The standard InChI is InChI=1S/C32H44O2Si/c1-25-20-21-32(6)26(14-13-19-29(32)31(25,5)22-23-33)24-34-35(30(2,3)4,27-15-9-7-10-16-27)28-17-11-8-12-18-28/h7-12,14-18,23,25,29H,13,19-22,24H2,1-6H3/t25-,29+,31-,32-/m1/s1. The first-order valence-corrected chi connectivity index (χ1v) is 15.4. The van der Waals surface area contributed by atoms with Gasteiger partial charge in [-0.05, 0) is 69.3 Å². The van der Waals surface area contributed by atoms with Crippen LogP contribution < -0.4 is 10.4 Å². The molecule has 4 atom stereocenters. The van der Waals surface area contributed by atoms with E-state index in [1.165, 1.54) is 41.5 Å². The van der Waals surface area contributed by atoms with Crippen molar-refractivity contribution in [1.82, 2.24) is 0 Å². The number of benzene rings is 2. The molecule has 4 rings (SSSR count). The molecular weight excluding hydrogens is 444 g/mol. The van der Waals surface area contributed by atoms with Gasteiger partial charge in [-0.25, -0.2) is 0 Å². The van der Waals surface area contributed by atoms with Crippen molar-refractivity contribution in [3.63, 3.8) is 0 Å². The molecule has 0 unspecified atom stereocenters. The summed E-state index contributed by atoms with van der Waals surface area (Å²) in [4.78, 5) is 11.7. The fourth-order valence-electron chi connectivity index (χ4n) is 7.48. The molecular formula is C32H44O2Si. The summed E-state index contributed by atoms with van der Waals surface area (Å²) >= 11 is 0. The molecule has 0 spiro atoms. The third-order valence-corrected chi connectivity index (χ3v) is 14.7. The van der Waals surface area contributed by atoms with Gasteiger partial charge in [0, 0.05) is 6.42 Å². The molecule has 3 heteroatoms. The summed E-state index contributed by atoms with van der Waals surface area (Å²) in [5, 5.41) is 2.64. The molecule has 0 N–H and O–H groups in total. The topological polar surface area (TPSA) is 26.3 Å². The van der Waals surface area contributed by atoms with Gasteiger partial charge < -0.3 is 9.22 Å². The molecule has 2 nitrogen and oxygen atoms in total. The van der Waals surface area contributed by atoms with Crippen molar-refractivity contribution in [3.05, 3.63) is 72.3 Å². The Morgan fingerprint density at radius 3 is 2.06 bits per heavy atom. The molecule has 0 radical (unpaired) electrons. The molecule has 0 saturated heterocycles. The van der Waals surface area contributed by atoms with Crippen molar-refractivity contribution in [2.24, 2.45) is 22.7 Å². The second-order valence-electron chi connectivity index (χ2n) is 12.5.